The first-order valence-electron chi connectivity index (χ1n) is 4.79. The van der Waals surface area contributed by atoms with Crippen molar-refractivity contribution in [3.8, 4) is 0 Å². The Labute approximate surface area is 89.7 Å². The zero-order chi connectivity index (χ0) is 10.9. The summed E-state index contributed by atoms with van der Waals surface area (Å²) < 4.78 is 22.4. The van der Waals surface area contributed by atoms with Crippen LogP contribution in [-0.4, -0.2) is 19.9 Å². The number of aryl methyl sites for hydroxylation is 1. The van der Waals surface area contributed by atoms with Gasteiger partial charge in [0.25, 0.3) is 0 Å². The molecular formula is C11H13NO2S. The first-order chi connectivity index (χ1) is 7.07. The van der Waals surface area contributed by atoms with E-state index < -0.39 is 9.84 Å². The highest BCUT2D eigenvalue weighted by Gasteiger charge is 2.19. The van der Waals surface area contributed by atoms with E-state index in [0.717, 1.165) is 16.9 Å². The molecule has 0 aliphatic carbocycles. The van der Waals surface area contributed by atoms with Gasteiger partial charge in [-0.05, 0) is 24.6 Å². The Morgan fingerprint density at radius 3 is 2.60 bits per heavy atom. The van der Waals surface area contributed by atoms with Gasteiger partial charge in [-0.3, -0.25) is 0 Å². The maximum Gasteiger partial charge on any atom is 0.159 e. The molecule has 2 rings (SSSR count). The largest absolute Gasteiger partial charge is 0.358 e. The van der Waals surface area contributed by atoms with Crippen LogP contribution in [0.4, 0.5) is 5.69 Å². The Morgan fingerprint density at radius 2 is 2.00 bits per heavy atom. The monoisotopic (exact) mass is 223 g/mol. The van der Waals surface area contributed by atoms with E-state index in [2.05, 4.69) is 5.32 Å². The predicted molar refractivity (Wildman–Crippen MR) is 61.5 cm³/mol. The van der Waals surface area contributed by atoms with Crippen molar-refractivity contribution < 1.29 is 8.42 Å². The molecule has 0 saturated heterocycles. The number of benzene rings is 1. The number of nitrogens with one attached hydrogen (secondary N) is 1. The maximum atomic E-state index is 11.2. The second-order valence-electron chi connectivity index (χ2n) is 3.72. The predicted octanol–water partition coefficient (Wildman–Crippen LogP) is 1.72. The zero-order valence-electron chi connectivity index (χ0n) is 8.53. The van der Waals surface area contributed by atoms with Gasteiger partial charge in [0, 0.05) is 11.4 Å². The number of hydrogen-bond acceptors (Lipinski definition) is 3. The SMILES string of the molecule is Cc1ccccc1NC1=CCS(=O)(=O)C1. The van der Waals surface area contributed by atoms with Gasteiger partial charge in [0.15, 0.2) is 9.84 Å². The molecule has 0 bridgehead atoms. The third-order valence-electron chi connectivity index (χ3n) is 2.40. The summed E-state index contributed by atoms with van der Waals surface area (Å²) >= 11 is 0. The van der Waals surface area contributed by atoms with Crippen molar-refractivity contribution in [1.82, 2.24) is 0 Å². The lowest BCUT2D eigenvalue weighted by molar-refractivity contribution is 0.603. The minimum absolute atomic E-state index is 0.126. The van der Waals surface area contributed by atoms with Gasteiger partial charge in [-0.2, -0.15) is 0 Å². The second-order valence-corrected chi connectivity index (χ2v) is 5.83. The van der Waals surface area contributed by atoms with Crippen LogP contribution in [0.3, 0.4) is 0 Å². The first-order valence-corrected chi connectivity index (χ1v) is 6.61. The molecule has 0 fully saturated rings. The molecule has 0 unspecified atom stereocenters. The molecule has 1 N–H and O–H groups in total. The summed E-state index contributed by atoms with van der Waals surface area (Å²) in [6.07, 6.45) is 1.74. The van der Waals surface area contributed by atoms with Crippen LogP contribution in [0.25, 0.3) is 0 Å². The lowest BCUT2D eigenvalue weighted by Gasteiger charge is -2.08. The Hall–Kier alpha value is -1.29. The highest BCUT2D eigenvalue weighted by Crippen LogP contribution is 2.19. The summed E-state index contributed by atoms with van der Waals surface area (Å²) in [7, 11) is -2.88. The Balaban J connectivity index is 2.15. The normalized spacial score (nSPS) is 18.6. The molecule has 0 amide bonds. The first kappa shape index (κ1) is 10.2. The van der Waals surface area contributed by atoms with E-state index in [9.17, 15) is 8.42 Å². The number of rotatable bonds is 2. The molecular weight excluding hydrogens is 210 g/mol. The van der Waals surface area contributed by atoms with E-state index >= 15 is 0 Å². The molecule has 1 heterocycles. The molecule has 3 nitrogen and oxygen atoms in total. The minimum Gasteiger partial charge on any atom is -0.358 e. The van der Waals surface area contributed by atoms with Crippen molar-refractivity contribution in [2.45, 2.75) is 6.92 Å². The van der Waals surface area contributed by atoms with Gasteiger partial charge in [0.2, 0.25) is 0 Å². The Bertz CT molecular complexity index is 503. The molecule has 15 heavy (non-hydrogen) atoms. The summed E-state index contributed by atoms with van der Waals surface area (Å²) in [6, 6.07) is 7.83. The molecule has 0 aromatic heterocycles. The Morgan fingerprint density at radius 1 is 1.27 bits per heavy atom. The van der Waals surface area contributed by atoms with Crippen molar-refractivity contribution >= 4 is 15.5 Å². The summed E-state index contributed by atoms with van der Waals surface area (Å²) in [4.78, 5) is 0. The van der Waals surface area contributed by atoms with Crippen molar-refractivity contribution in [3.05, 3.63) is 41.6 Å². The van der Waals surface area contributed by atoms with E-state index in [4.69, 9.17) is 0 Å². The van der Waals surface area contributed by atoms with E-state index in [1.54, 1.807) is 6.08 Å². The zero-order valence-corrected chi connectivity index (χ0v) is 9.34. The lowest BCUT2D eigenvalue weighted by atomic mass is 10.2. The van der Waals surface area contributed by atoms with Crippen LogP contribution >= 0.6 is 0 Å². The van der Waals surface area contributed by atoms with Gasteiger partial charge >= 0.3 is 0 Å². The quantitative estimate of drug-likeness (QED) is 0.830. The summed E-state index contributed by atoms with van der Waals surface area (Å²) in [5, 5.41) is 3.15. The fraction of sp³-hybridized carbons (Fsp3) is 0.273. The van der Waals surface area contributed by atoms with Crippen LogP contribution in [0, 0.1) is 6.92 Å². The highest BCUT2D eigenvalue weighted by molar-refractivity contribution is 7.92. The van der Waals surface area contributed by atoms with Crippen LogP contribution in [0.2, 0.25) is 0 Å². The van der Waals surface area contributed by atoms with E-state index in [0.29, 0.717) is 0 Å². The number of hydrogen-bond donors (Lipinski definition) is 1. The number of anilines is 1. The number of para-hydroxylation sites is 1. The molecule has 80 valence electrons. The average Bonchev–Trinajstić information content (AvgIpc) is 2.50. The third-order valence-corrected chi connectivity index (χ3v) is 3.82. The van der Waals surface area contributed by atoms with Gasteiger partial charge in [-0.15, -0.1) is 0 Å². The van der Waals surface area contributed by atoms with Gasteiger partial charge < -0.3 is 5.32 Å². The molecule has 1 aliphatic rings. The summed E-state index contributed by atoms with van der Waals surface area (Å²) in [6.45, 7) is 1.99. The van der Waals surface area contributed by atoms with Gasteiger partial charge in [0.05, 0.1) is 11.5 Å². The summed E-state index contributed by atoms with van der Waals surface area (Å²) in [5.41, 5.74) is 2.87. The van der Waals surface area contributed by atoms with Crippen molar-refractivity contribution in [2.75, 3.05) is 16.8 Å². The maximum absolute atomic E-state index is 11.2. The average molecular weight is 223 g/mol. The molecule has 0 spiro atoms. The fourth-order valence-electron chi connectivity index (χ4n) is 1.56. The Kier molecular flexibility index (Phi) is 2.52. The molecule has 1 aliphatic heterocycles. The molecule has 0 atom stereocenters. The van der Waals surface area contributed by atoms with Gasteiger partial charge in [0.1, 0.15) is 0 Å². The third kappa shape index (κ3) is 2.39. The van der Waals surface area contributed by atoms with Crippen molar-refractivity contribution in [1.29, 1.82) is 0 Å². The highest BCUT2D eigenvalue weighted by atomic mass is 32.2. The molecule has 4 heteroatoms. The van der Waals surface area contributed by atoms with Crippen LogP contribution in [0.5, 0.6) is 0 Å². The second kappa shape index (κ2) is 3.70. The fourth-order valence-corrected chi connectivity index (χ4v) is 2.79. The van der Waals surface area contributed by atoms with Crippen LogP contribution in [0.1, 0.15) is 5.56 Å². The van der Waals surface area contributed by atoms with Crippen LogP contribution in [-0.2, 0) is 9.84 Å². The number of sulfone groups is 1. The van der Waals surface area contributed by atoms with Gasteiger partial charge in [-0.1, -0.05) is 18.2 Å². The lowest BCUT2D eigenvalue weighted by Crippen LogP contribution is -2.08. The van der Waals surface area contributed by atoms with Crippen LogP contribution < -0.4 is 5.32 Å². The summed E-state index contributed by atoms with van der Waals surface area (Å²) in [5.74, 6) is 0.280. The molecule has 0 saturated carbocycles. The van der Waals surface area contributed by atoms with Crippen molar-refractivity contribution in [3.63, 3.8) is 0 Å². The van der Waals surface area contributed by atoms with E-state index in [-0.39, 0.29) is 11.5 Å². The topological polar surface area (TPSA) is 46.2 Å². The van der Waals surface area contributed by atoms with E-state index in [1.165, 1.54) is 0 Å². The van der Waals surface area contributed by atoms with E-state index in [1.807, 2.05) is 31.2 Å². The molecule has 1 aromatic carbocycles. The molecule has 0 radical (unpaired) electrons. The smallest absolute Gasteiger partial charge is 0.159 e. The standard InChI is InChI=1S/C11H13NO2S/c1-9-4-2-3-5-11(9)12-10-6-7-15(13,14)8-10/h2-6,12H,7-8H2,1H3. The minimum atomic E-state index is -2.88. The molecule has 1 aromatic rings. The van der Waals surface area contributed by atoms with Crippen molar-refractivity contribution in [2.24, 2.45) is 0 Å². The van der Waals surface area contributed by atoms with Gasteiger partial charge in [-0.25, -0.2) is 8.42 Å². The van der Waals surface area contributed by atoms with Crippen LogP contribution in [0.15, 0.2) is 36.0 Å².